The zero-order valence-corrected chi connectivity index (χ0v) is 13.8. The Morgan fingerprint density at radius 3 is 2.44 bits per heavy atom. The topological polar surface area (TPSA) is 58.0 Å². The molecule has 0 saturated carbocycles. The van der Waals surface area contributed by atoms with Gasteiger partial charge >= 0.3 is 0 Å². The van der Waals surface area contributed by atoms with Gasteiger partial charge in [-0.1, -0.05) is 42.5 Å². The summed E-state index contributed by atoms with van der Waals surface area (Å²) >= 11 is 0. The van der Waals surface area contributed by atoms with Crippen molar-refractivity contribution in [3.8, 4) is 0 Å². The largest absolute Gasteiger partial charge is 0.385 e. The van der Waals surface area contributed by atoms with E-state index in [9.17, 15) is 13.9 Å². The molecule has 0 amide bonds. The van der Waals surface area contributed by atoms with Gasteiger partial charge in [-0.2, -0.15) is 0 Å². The van der Waals surface area contributed by atoms with Crippen molar-refractivity contribution in [2.45, 2.75) is 25.4 Å². The van der Waals surface area contributed by atoms with Gasteiger partial charge in [-0.3, -0.25) is 0 Å². The van der Waals surface area contributed by atoms with E-state index in [1.807, 2.05) is 30.3 Å². The van der Waals surface area contributed by atoms with Gasteiger partial charge in [0.15, 0.2) is 5.82 Å². The molecule has 0 aliphatic heterocycles. The minimum Gasteiger partial charge on any atom is -0.385 e. The molecule has 0 spiro atoms. The minimum absolute atomic E-state index is 0.352. The van der Waals surface area contributed by atoms with Crippen LogP contribution in [0, 0.1) is 0 Å². The number of nitrogens with zero attached hydrogens (tertiary/aromatic N) is 2. The third-order valence-electron chi connectivity index (χ3n) is 4.12. The first kappa shape index (κ1) is 17.2. The number of fused-ring (bicyclic) bond motifs is 1. The highest BCUT2D eigenvalue weighted by Crippen LogP contribution is 2.27. The van der Waals surface area contributed by atoms with Crippen molar-refractivity contribution >= 4 is 16.7 Å². The Morgan fingerprint density at radius 2 is 1.72 bits per heavy atom. The molecule has 0 aliphatic rings. The van der Waals surface area contributed by atoms with Crippen LogP contribution < -0.4 is 5.32 Å². The van der Waals surface area contributed by atoms with Gasteiger partial charge in [-0.25, -0.2) is 18.7 Å². The van der Waals surface area contributed by atoms with Crippen molar-refractivity contribution in [1.29, 1.82) is 0 Å². The van der Waals surface area contributed by atoms with Crippen LogP contribution in [0.5, 0.6) is 0 Å². The highest BCUT2D eigenvalue weighted by molar-refractivity contribution is 5.88. The lowest BCUT2D eigenvalue weighted by molar-refractivity contribution is 0.0515. The molecule has 6 heteroatoms. The van der Waals surface area contributed by atoms with Crippen molar-refractivity contribution in [2.24, 2.45) is 0 Å². The number of nitrogens with one attached hydrogen (secondary N) is 1. The zero-order valence-electron chi connectivity index (χ0n) is 13.8. The summed E-state index contributed by atoms with van der Waals surface area (Å²) in [5, 5.41) is 14.4. The Morgan fingerprint density at radius 1 is 1.04 bits per heavy atom. The predicted molar refractivity (Wildman–Crippen MR) is 93.6 cm³/mol. The van der Waals surface area contributed by atoms with Gasteiger partial charge in [0.1, 0.15) is 5.82 Å². The first-order chi connectivity index (χ1) is 12.0. The molecule has 0 saturated heterocycles. The summed E-state index contributed by atoms with van der Waals surface area (Å²) in [6, 6.07) is 16.3. The molecular formula is C19H19F2N3O. The number of alkyl halides is 2. The zero-order chi connectivity index (χ0) is 17.9. The van der Waals surface area contributed by atoms with Crippen LogP contribution in [-0.4, -0.2) is 21.6 Å². The van der Waals surface area contributed by atoms with Crippen molar-refractivity contribution < 1.29 is 13.9 Å². The van der Waals surface area contributed by atoms with Crippen LogP contribution in [-0.2, 0) is 5.60 Å². The summed E-state index contributed by atoms with van der Waals surface area (Å²) in [4.78, 5) is 7.83. The van der Waals surface area contributed by atoms with Gasteiger partial charge in [0.2, 0.25) is 0 Å². The van der Waals surface area contributed by atoms with Crippen molar-refractivity contribution in [3.05, 3.63) is 66.0 Å². The molecule has 2 N–H and O–H groups in total. The van der Waals surface area contributed by atoms with Gasteiger partial charge in [0.25, 0.3) is 6.43 Å². The molecule has 0 radical (unpaired) electrons. The van der Waals surface area contributed by atoms with Crippen LogP contribution in [0.2, 0.25) is 0 Å². The summed E-state index contributed by atoms with van der Waals surface area (Å²) in [7, 11) is 0. The number of hydrogen-bond acceptors (Lipinski definition) is 4. The average molecular weight is 343 g/mol. The van der Waals surface area contributed by atoms with Crippen molar-refractivity contribution in [3.63, 3.8) is 0 Å². The second-order valence-corrected chi connectivity index (χ2v) is 6.06. The minimum atomic E-state index is -2.74. The van der Waals surface area contributed by atoms with Crippen LogP contribution in [0.25, 0.3) is 10.9 Å². The average Bonchev–Trinajstić information content (AvgIpc) is 2.62. The molecule has 130 valence electrons. The molecule has 3 rings (SSSR count). The molecule has 2 aromatic carbocycles. The van der Waals surface area contributed by atoms with Gasteiger partial charge in [0, 0.05) is 11.9 Å². The maximum atomic E-state index is 13.0. The molecule has 3 aromatic rings. The monoisotopic (exact) mass is 343 g/mol. The van der Waals surface area contributed by atoms with E-state index in [0.29, 0.717) is 29.7 Å². The van der Waals surface area contributed by atoms with E-state index in [0.717, 1.165) is 5.56 Å². The van der Waals surface area contributed by atoms with Gasteiger partial charge in [-0.15, -0.1) is 0 Å². The summed E-state index contributed by atoms with van der Waals surface area (Å²) in [6.45, 7) is 2.11. The number of hydrogen-bond donors (Lipinski definition) is 2. The van der Waals surface area contributed by atoms with Gasteiger partial charge < -0.3 is 10.4 Å². The second kappa shape index (κ2) is 7.11. The molecule has 1 unspecified atom stereocenters. The number of benzene rings is 2. The van der Waals surface area contributed by atoms with Crippen LogP contribution >= 0.6 is 0 Å². The third kappa shape index (κ3) is 3.91. The summed E-state index contributed by atoms with van der Waals surface area (Å²) in [6.07, 6.45) is -2.34. The van der Waals surface area contributed by atoms with E-state index < -0.39 is 17.9 Å². The molecule has 1 heterocycles. The molecular weight excluding hydrogens is 324 g/mol. The highest BCUT2D eigenvalue weighted by atomic mass is 19.3. The molecule has 1 atom stereocenters. The van der Waals surface area contributed by atoms with Crippen LogP contribution in [0.15, 0.2) is 54.6 Å². The van der Waals surface area contributed by atoms with E-state index in [1.54, 1.807) is 31.2 Å². The fourth-order valence-corrected chi connectivity index (χ4v) is 2.69. The summed E-state index contributed by atoms with van der Waals surface area (Å²) in [5.41, 5.74) is 0.241. The van der Waals surface area contributed by atoms with Crippen LogP contribution in [0.4, 0.5) is 14.6 Å². The van der Waals surface area contributed by atoms with Gasteiger partial charge in [0.05, 0.1) is 11.1 Å². The number of rotatable bonds is 6. The number of aliphatic hydroxyl groups is 1. The standard InChI is InChI=1S/C19H19F2N3O/c1-19(25,13-7-3-2-4-8-13)11-12-22-17-14-9-5-6-10-15(14)23-18(24-17)16(20)21/h2-10,16,25H,11-12H2,1H3,(H,22,23,24). The normalized spacial score (nSPS) is 13.8. The molecule has 25 heavy (non-hydrogen) atoms. The Kier molecular flexibility index (Phi) is 4.90. The van der Waals surface area contributed by atoms with E-state index >= 15 is 0 Å². The summed E-state index contributed by atoms with van der Waals surface area (Å²) < 4.78 is 26.0. The van der Waals surface area contributed by atoms with E-state index in [4.69, 9.17) is 0 Å². The maximum Gasteiger partial charge on any atom is 0.297 e. The molecule has 0 aliphatic carbocycles. The Labute approximate surface area is 144 Å². The van der Waals surface area contributed by atoms with E-state index in [-0.39, 0.29) is 0 Å². The Bertz CT molecular complexity index is 854. The lowest BCUT2D eigenvalue weighted by Crippen LogP contribution is -2.25. The Hall–Kier alpha value is -2.60. The third-order valence-corrected chi connectivity index (χ3v) is 4.12. The molecule has 1 aromatic heterocycles. The Balaban J connectivity index is 1.79. The fourth-order valence-electron chi connectivity index (χ4n) is 2.69. The SMILES string of the molecule is CC(O)(CCNc1nc(C(F)F)nc2ccccc12)c1ccccc1. The molecule has 0 fully saturated rings. The number of para-hydroxylation sites is 1. The first-order valence-electron chi connectivity index (χ1n) is 8.04. The van der Waals surface area contributed by atoms with Crippen molar-refractivity contribution in [2.75, 3.05) is 11.9 Å². The predicted octanol–water partition coefficient (Wildman–Crippen LogP) is 4.28. The molecule has 0 bridgehead atoms. The second-order valence-electron chi connectivity index (χ2n) is 6.06. The lowest BCUT2D eigenvalue weighted by atomic mass is 9.93. The quantitative estimate of drug-likeness (QED) is 0.701. The molecule has 4 nitrogen and oxygen atoms in total. The maximum absolute atomic E-state index is 13.0. The number of anilines is 1. The summed E-state index contributed by atoms with van der Waals surface area (Å²) in [5.74, 6) is -0.152. The van der Waals surface area contributed by atoms with E-state index in [1.165, 1.54) is 0 Å². The fraction of sp³-hybridized carbons (Fsp3) is 0.263. The smallest absolute Gasteiger partial charge is 0.297 e. The highest BCUT2D eigenvalue weighted by Gasteiger charge is 2.22. The lowest BCUT2D eigenvalue weighted by Gasteiger charge is -2.24. The van der Waals surface area contributed by atoms with Crippen LogP contribution in [0.1, 0.15) is 31.2 Å². The van der Waals surface area contributed by atoms with Gasteiger partial charge in [-0.05, 0) is 31.0 Å². The van der Waals surface area contributed by atoms with E-state index in [2.05, 4.69) is 15.3 Å². The van der Waals surface area contributed by atoms with Crippen molar-refractivity contribution in [1.82, 2.24) is 9.97 Å². The number of aromatic nitrogens is 2. The van der Waals surface area contributed by atoms with Crippen LogP contribution in [0.3, 0.4) is 0 Å². The number of halogens is 2. The first-order valence-corrected chi connectivity index (χ1v) is 8.04.